The molecule has 0 aliphatic carbocycles. The zero-order valence-corrected chi connectivity index (χ0v) is 19.7. The van der Waals surface area contributed by atoms with Crippen molar-refractivity contribution < 1.29 is 21.6 Å². The summed E-state index contributed by atoms with van der Waals surface area (Å²) in [5.74, 6) is -0.782. The third-order valence-corrected chi connectivity index (χ3v) is 9.50. The molecule has 31 heavy (non-hydrogen) atoms. The van der Waals surface area contributed by atoms with Crippen molar-refractivity contribution in [1.29, 1.82) is 0 Å². The normalized spacial score (nSPS) is 19.4. The average Bonchev–Trinajstić information content (AvgIpc) is 3.29. The molecule has 1 N–H and O–H groups in total. The summed E-state index contributed by atoms with van der Waals surface area (Å²) in [5.41, 5.74) is 0.627. The maximum absolute atomic E-state index is 12.6. The Balaban J connectivity index is 1.65. The van der Waals surface area contributed by atoms with Crippen molar-refractivity contribution in [2.75, 3.05) is 11.5 Å². The number of tetrazole rings is 1. The lowest BCUT2D eigenvalue weighted by Crippen LogP contribution is -2.46. The first-order valence-corrected chi connectivity index (χ1v) is 13.6. The molecule has 14 heteroatoms. The summed E-state index contributed by atoms with van der Waals surface area (Å²) >= 11 is 12.3. The van der Waals surface area contributed by atoms with Crippen LogP contribution in [0, 0.1) is 0 Å². The topological polar surface area (TPSA) is 141 Å². The largest absolute Gasteiger partial charge is 0.296 e. The van der Waals surface area contributed by atoms with E-state index < -0.39 is 42.7 Å². The van der Waals surface area contributed by atoms with Crippen LogP contribution in [0.5, 0.6) is 0 Å². The number of carbonyl (C=O) groups is 1. The van der Waals surface area contributed by atoms with Crippen LogP contribution >= 0.6 is 23.2 Å². The van der Waals surface area contributed by atoms with Gasteiger partial charge in [-0.3, -0.25) is 4.79 Å². The van der Waals surface area contributed by atoms with Crippen LogP contribution in [-0.2, 0) is 37.6 Å². The van der Waals surface area contributed by atoms with Crippen molar-refractivity contribution in [3.8, 4) is 0 Å². The van der Waals surface area contributed by atoms with E-state index in [2.05, 4.69) is 20.1 Å². The molecule has 0 spiro atoms. The van der Waals surface area contributed by atoms with Gasteiger partial charge >= 0.3 is 0 Å². The fourth-order valence-corrected chi connectivity index (χ4v) is 8.08. The molecule has 1 aliphatic rings. The summed E-state index contributed by atoms with van der Waals surface area (Å²) in [4.78, 5) is 13.7. The molecule has 2 aromatic rings. The van der Waals surface area contributed by atoms with Crippen LogP contribution < -0.4 is 4.72 Å². The number of aromatic nitrogens is 4. The molecule has 1 aromatic carbocycles. The standard InChI is InChI=1S/C17H21Cl2N5O5S2/c1-2-15(22-31(28,29)11-6-7-30(26,27)10-11)16(25)9-24-21-17(20-23-24)8-12-13(18)4-3-5-14(12)19/h3-5,11,15,22H,2,6-10H2,1H3. The second-order valence-corrected chi connectivity index (χ2v) is 12.3. The van der Waals surface area contributed by atoms with E-state index in [9.17, 15) is 21.6 Å². The van der Waals surface area contributed by atoms with E-state index in [0.29, 0.717) is 21.4 Å². The average molecular weight is 510 g/mol. The summed E-state index contributed by atoms with van der Waals surface area (Å²) in [6.45, 7) is 1.35. The zero-order chi connectivity index (χ0) is 22.8. The van der Waals surface area contributed by atoms with E-state index >= 15 is 0 Å². The number of hydrogen-bond acceptors (Lipinski definition) is 8. The van der Waals surface area contributed by atoms with Crippen molar-refractivity contribution in [1.82, 2.24) is 24.9 Å². The second kappa shape index (κ2) is 9.49. The third-order valence-electron chi connectivity index (χ3n) is 4.92. The molecule has 2 unspecified atom stereocenters. The van der Waals surface area contributed by atoms with Crippen LogP contribution in [0.1, 0.15) is 31.2 Å². The lowest BCUT2D eigenvalue weighted by molar-refractivity contribution is -0.121. The van der Waals surface area contributed by atoms with Crippen molar-refractivity contribution in [3.05, 3.63) is 39.6 Å². The molecule has 1 saturated heterocycles. The van der Waals surface area contributed by atoms with Gasteiger partial charge in [0, 0.05) is 16.5 Å². The molecule has 0 amide bonds. The number of nitrogens with one attached hydrogen (secondary N) is 1. The molecule has 0 saturated carbocycles. The fourth-order valence-electron chi connectivity index (χ4n) is 3.20. The molecular weight excluding hydrogens is 489 g/mol. The molecule has 1 aliphatic heterocycles. The van der Waals surface area contributed by atoms with Crippen LogP contribution in [0.15, 0.2) is 18.2 Å². The second-order valence-electron chi connectivity index (χ2n) is 7.23. The molecule has 3 rings (SSSR count). The molecule has 1 fully saturated rings. The number of nitrogens with zero attached hydrogens (tertiary/aromatic N) is 4. The minimum atomic E-state index is -3.97. The fraction of sp³-hybridized carbons (Fsp3) is 0.529. The highest BCUT2D eigenvalue weighted by Gasteiger charge is 2.38. The summed E-state index contributed by atoms with van der Waals surface area (Å²) in [7, 11) is -7.34. The number of sulfone groups is 1. The molecular formula is C17H21Cl2N5O5S2. The summed E-state index contributed by atoms with van der Waals surface area (Å²) < 4.78 is 50.5. The number of hydrogen-bond donors (Lipinski definition) is 1. The van der Waals surface area contributed by atoms with E-state index in [1.165, 1.54) is 0 Å². The van der Waals surface area contributed by atoms with Crippen LogP contribution in [0.25, 0.3) is 0 Å². The number of sulfonamides is 1. The first kappa shape index (κ1) is 24.1. The SMILES string of the molecule is CCC(NS(=O)(=O)C1CCS(=O)(=O)C1)C(=O)Cn1nnc(Cc2c(Cl)cccc2Cl)n1. The monoisotopic (exact) mass is 509 g/mol. The van der Waals surface area contributed by atoms with Gasteiger partial charge < -0.3 is 0 Å². The molecule has 170 valence electrons. The van der Waals surface area contributed by atoms with Gasteiger partial charge in [0.2, 0.25) is 10.0 Å². The lowest BCUT2D eigenvalue weighted by atomic mass is 10.1. The van der Waals surface area contributed by atoms with Gasteiger partial charge in [0.1, 0.15) is 6.54 Å². The van der Waals surface area contributed by atoms with Crippen LogP contribution in [0.2, 0.25) is 10.0 Å². The van der Waals surface area contributed by atoms with Crippen LogP contribution in [0.4, 0.5) is 0 Å². The number of rotatable bonds is 9. The Morgan fingerprint density at radius 2 is 2.00 bits per heavy atom. The van der Waals surface area contributed by atoms with E-state index in [4.69, 9.17) is 23.2 Å². The predicted molar refractivity (Wildman–Crippen MR) is 115 cm³/mol. The van der Waals surface area contributed by atoms with Gasteiger partial charge in [0.25, 0.3) is 0 Å². The summed E-state index contributed by atoms with van der Waals surface area (Å²) in [6.07, 6.45) is 0.419. The molecule has 1 aromatic heterocycles. The number of Topliss-reactive ketones (excluding diaryl/α,β-unsaturated/α-hetero) is 1. The third kappa shape index (κ3) is 6.01. The Morgan fingerprint density at radius 3 is 2.58 bits per heavy atom. The van der Waals surface area contributed by atoms with E-state index in [1.807, 2.05) is 0 Å². The van der Waals surface area contributed by atoms with Gasteiger partial charge in [-0.05, 0) is 35.8 Å². The van der Waals surface area contributed by atoms with E-state index in [-0.39, 0.29) is 31.6 Å². The highest BCUT2D eigenvalue weighted by molar-refractivity contribution is 7.95. The van der Waals surface area contributed by atoms with Crippen molar-refractivity contribution in [2.45, 2.75) is 44.0 Å². The zero-order valence-electron chi connectivity index (χ0n) is 16.5. The molecule has 0 radical (unpaired) electrons. The number of benzene rings is 1. The number of halogens is 2. The smallest absolute Gasteiger partial charge is 0.216 e. The van der Waals surface area contributed by atoms with Crippen LogP contribution in [-0.4, -0.2) is 65.6 Å². The van der Waals surface area contributed by atoms with E-state index in [1.54, 1.807) is 25.1 Å². The highest BCUT2D eigenvalue weighted by atomic mass is 35.5. The van der Waals surface area contributed by atoms with Crippen molar-refractivity contribution >= 4 is 48.8 Å². The quantitative estimate of drug-likeness (QED) is 0.527. The van der Waals surface area contributed by atoms with Crippen molar-refractivity contribution in [2.24, 2.45) is 0 Å². The Hall–Kier alpha value is -1.60. The first-order valence-electron chi connectivity index (χ1n) is 9.44. The van der Waals surface area contributed by atoms with E-state index in [0.717, 1.165) is 4.80 Å². The maximum Gasteiger partial charge on any atom is 0.216 e. The molecule has 0 bridgehead atoms. The van der Waals surface area contributed by atoms with Gasteiger partial charge in [-0.1, -0.05) is 36.2 Å². The van der Waals surface area contributed by atoms with Crippen LogP contribution in [0.3, 0.4) is 0 Å². The molecule has 2 atom stereocenters. The highest BCUT2D eigenvalue weighted by Crippen LogP contribution is 2.25. The Bertz CT molecular complexity index is 1160. The Morgan fingerprint density at radius 1 is 1.32 bits per heavy atom. The van der Waals surface area contributed by atoms with Gasteiger partial charge in [0.15, 0.2) is 21.4 Å². The first-order chi connectivity index (χ1) is 14.5. The predicted octanol–water partition coefficient (Wildman–Crippen LogP) is 1.02. The number of carbonyl (C=O) groups excluding carboxylic acids is 1. The van der Waals surface area contributed by atoms with Gasteiger partial charge in [-0.2, -0.15) is 4.80 Å². The van der Waals surface area contributed by atoms with Gasteiger partial charge in [-0.25, -0.2) is 21.6 Å². The summed E-state index contributed by atoms with van der Waals surface area (Å²) in [6, 6.07) is 4.05. The summed E-state index contributed by atoms with van der Waals surface area (Å²) in [5, 5.41) is 11.7. The Labute approximate surface area is 190 Å². The van der Waals surface area contributed by atoms with Crippen molar-refractivity contribution in [3.63, 3.8) is 0 Å². The molecule has 2 heterocycles. The van der Waals surface area contributed by atoms with Gasteiger partial charge in [-0.15, -0.1) is 10.2 Å². The minimum absolute atomic E-state index is 0.0148. The minimum Gasteiger partial charge on any atom is -0.296 e. The molecule has 10 nitrogen and oxygen atoms in total. The lowest BCUT2D eigenvalue weighted by Gasteiger charge is -2.18. The number of ketones is 1. The van der Waals surface area contributed by atoms with Gasteiger partial charge in [0.05, 0.1) is 22.8 Å². The Kier molecular flexibility index (Phi) is 7.36. The maximum atomic E-state index is 12.6.